The highest BCUT2D eigenvalue weighted by Gasteiger charge is 2.38. The van der Waals surface area contributed by atoms with Crippen molar-refractivity contribution in [3.8, 4) is 22.3 Å². The predicted octanol–water partition coefficient (Wildman–Crippen LogP) is 6.90. The second-order valence-corrected chi connectivity index (χ2v) is 10.2. The first-order chi connectivity index (χ1) is 17.3. The van der Waals surface area contributed by atoms with Crippen LogP contribution in [0.15, 0.2) is 79.1 Å². The van der Waals surface area contributed by atoms with Crippen LogP contribution in [-0.4, -0.2) is 9.97 Å². The maximum absolute atomic E-state index is 4.87. The van der Waals surface area contributed by atoms with Crippen LogP contribution in [0.3, 0.4) is 0 Å². The highest BCUT2D eigenvalue weighted by Crippen LogP contribution is 2.56. The Morgan fingerprint density at radius 3 is 2.40 bits per heavy atom. The van der Waals surface area contributed by atoms with Crippen LogP contribution in [0.2, 0.25) is 0 Å². The molecular formula is C32H21N3. The molecule has 0 saturated heterocycles. The molecule has 0 fully saturated rings. The van der Waals surface area contributed by atoms with Crippen molar-refractivity contribution in [2.75, 3.05) is 4.90 Å². The monoisotopic (exact) mass is 447 g/mol. The van der Waals surface area contributed by atoms with E-state index in [0.717, 1.165) is 37.2 Å². The minimum absolute atomic E-state index is 0.871. The number of nitrogens with zero attached hydrogens (tertiary/aromatic N) is 3. The van der Waals surface area contributed by atoms with Crippen LogP contribution < -0.4 is 4.90 Å². The molecule has 0 unspecified atom stereocenters. The lowest BCUT2D eigenvalue weighted by Crippen LogP contribution is -2.26. The van der Waals surface area contributed by atoms with Gasteiger partial charge in [-0.3, -0.25) is 9.88 Å². The summed E-state index contributed by atoms with van der Waals surface area (Å²) in [5, 5.41) is 0. The van der Waals surface area contributed by atoms with Crippen molar-refractivity contribution in [3.63, 3.8) is 0 Å². The lowest BCUT2D eigenvalue weighted by molar-refractivity contribution is 0.949. The van der Waals surface area contributed by atoms with E-state index in [4.69, 9.17) is 9.97 Å². The summed E-state index contributed by atoms with van der Waals surface area (Å²) in [5.41, 5.74) is 19.5. The summed E-state index contributed by atoms with van der Waals surface area (Å²) < 4.78 is 0. The number of pyridine rings is 2. The van der Waals surface area contributed by atoms with Crippen LogP contribution >= 0.6 is 0 Å². The molecule has 3 aromatic carbocycles. The molecule has 35 heavy (non-hydrogen) atoms. The van der Waals surface area contributed by atoms with Gasteiger partial charge in [0.05, 0.1) is 17.1 Å². The normalized spacial score (nSPS) is 14.9. The van der Waals surface area contributed by atoms with E-state index in [0.29, 0.717) is 0 Å². The molecule has 0 saturated carbocycles. The third kappa shape index (κ3) is 2.21. The highest BCUT2D eigenvalue weighted by molar-refractivity contribution is 5.97. The fourth-order valence-corrected chi connectivity index (χ4v) is 7.07. The zero-order valence-corrected chi connectivity index (χ0v) is 19.2. The minimum Gasteiger partial charge on any atom is -0.292 e. The van der Waals surface area contributed by atoms with Crippen molar-refractivity contribution < 1.29 is 0 Å². The summed E-state index contributed by atoms with van der Waals surface area (Å²) in [6.07, 6.45) is 7.69. The molecule has 0 N–H and O–H groups in total. The zero-order valence-electron chi connectivity index (χ0n) is 19.2. The molecule has 0 radical (unpaired) electrons. The SMILES string of the molecule is c1ccc2c(c1)Cc1c-2ccc2c1-c1c(cc3c4c1Cc1ncccc1N4c1ncccc1C3)C2. The Hall–Kier alpha value is -4.24. The minimum atomic E-state index is 0.871. The van der Waals surface area contributed by atoms with E-state index < -0.39 is 0 Å². The average molecular weight is 448 g/mol. The number of benzene rings is 3. The van der Waals surface area contributed by atoms with Crippen molar-refractivity contribution in [2.24, 2.45) is 0 Å². The molecule has 164 valence electrons. The highest BCUT2D eigenvalue weighted by atomic mass is 15.2. The number of aromatic nitrogens is 2. The Balaban J connectivity index is 1.36. The largest absolute Gasteiger partial charge is 0.292 e. The van der Waals surface area contributed by atoms with Gasteiger partial charge in [0.25, 0.3) is 0 Å². The van der Waals surface area contributed by atoms with Crippen molar-refractivity contribution >= 4 is 17.2 Å². The van der Waals surface area contributed by atoms with Gasteiger partial charge in [0.15, 0.2) is 0 Å². The molecule has 2 aliphatic carbocycles. The maximum Gasteiger partial charge on any atom is 0.141 e. The van der Waals surface area contributed by atoms with Gasteiger partial charge in [0, 0.05) is 25.2 Å². The smallest absolute Gasteiger partial charge is 0.141 e. The summed E-state index contributed by atoms with van der Waals surface area (Å²) in [4.78, 5) is 12.1. The Labute approximate surface area is 203 Å². The van der Waals surface area contributed by atoms with E-state index in [1.165, 1.54) is 72.6 Å². The van der Waals surface area contributed by atoms with E-state index in [2.05, 4.69) is 65.6 Å². The van der Waals surface area contributed by atoms with Crippen LogP contribution in [0.1, 0.15) is 44.6 Å². The predicted molar refractivity (Wildman–Crippen MR) is 139 cm³/mol. The summed E-state index contributed by atoms with van der Waals surface area (Å²) in [7, 11) is 0. The molecule has 4 heterocycles. The lowest BCUT2D eigenvalue weighted by Gasteiger charge is -2.39. The summed E-state index contributed by atoms with van der Waals surface area (Å²) >= 11 is 0. The van der Waals surface area contributed by atoms with E-state index in [1.54, 1.807) is 0 Å². The van der Waals surface area contributed by atoms with Gasteiger partial charge in [-0.2, -0.15) is 0 Å². The van der Waals surface area contributed by atoms with Crippen molar-refractivity contribution in [1.29, 1.82) is 0 Å². The van der Waals surface area contributed by atoms with E-state index >= 15 is 0 Å². The Kier molecular flexibility index (Phi) is 3.24. The average Bonchev–Trinajstić information content (AvgIpc) is 3.46. The molecule has 2 aromatic heterocycles. The van der Waals surface area contributed by atoms with Gasteiger partial charge in [0.2, 0.25) is 0 Å². The molecule has 0 atom stereocenters. The first kappa shape index (κ1) is 18.1. The van der Waals surface area contributed by atoms with Crippen molar-refractivity contribution in [1.82, 2.24) is 9.97 Å². The van der Waals surface area contributed by atoms with Crippen LogP contribution in [-0.2, 0) is 25.7 Å². The molecule has 9 rings (SSSR count). The Morgan fingerprint density at radius 1 is 0.571 bits per heavy atom. The van der Waals surface area contributed by atoms with Crippen LogP contribution in [0.25, 0.3) is 22.3 Å². The summed E-state index contributed by atoms with van der Waals surface area (Å²) in [6.45, 7) is 0. The number of hydrogen-bond acceptors (Lipinski definition) is 3. The number of hydrogen-bond donors (Lipinski definition) is 0. The molecule has 0 amide bonds. The number of fused-ring (bicyclic) bond motifs is 12. The molecular weight excluding hydrogens is 426 g/mol. The molecule has 2 aliphatic heterocycles. The topological polar surface area (TPSA) is 29.0 Å². The van der Waals surface area contributed by atoms with Gasteiger partial charge < -0.3 is 0 Å². The molecule has 0 bridgehead atoms. The van der Waals surface area contributed by atoms with Gasteiger partial charge in [0.1, 0.15) is 5.82 Å². The van der Waals surface area contributed by atoms with Gasteiger partial charge in [-0.25, -0.2) is 4.98 Å². The molecule has 3 heteroatoms. The number of rotatable bonds is 0. The van der Waals surface area contributed by atoms with Gasteiger partial charge in [-0.1, -0.05) is 48.5 Å². The van der Waals surface area contributed by atoms with E-state index in [1.807, 2.05) is 18.5 Å². The van der Waals surface area contributed by atoms with Crippen molar-refractivity contribution in [3.05, 3.63) is 124 Å². The van der Waals surface area contributed by atoms with Gasteiger partial charge in [-0.05, 0) is 92.2 Å². The second-order valence-electron chi connectivity index (χ2n) is 10.2. The van der Waals surface area contributed by atoms with E-state index in [-0.39, 0.29) is 0 Å². The Morgan fingerprint density at radius 2 is 1.40 bits per heavy atom. The van der Waals surface area contributed by atoms with Gasteiger partial charge in [-0.15, -0.1) is 0 Å². The summed E-state index contributed by atoms with van der Waals surface area (Å²) in [5.74, 6) is 1.05. The fraction of sp³-hybridized carbons (Fsp3) is 0.125. The van der Waals surface area contributed by atoms with Crippen LogP contribution in [0.5, 0.6) is 0 Å². The van der Waals surface area contributed by atoms with Crippen molar-refractivity contribution in [2.45, 2.75) is 25.7 Å². The first-order valence-corrected chi connectivity index (χ1v) is 12.4. The van der Waals surface area contributed by atoms with Crippen LogP contribution in [0.4, 0.5) is 17.2 Å². The summed E-state index contributed by atoms with van der Waals surface area (Å²) in [6, 6.07) is 24.7. The third-order valence-corrected chi connectivity index (χ3v) is 8.40. The van der Waals surface area contributed by atoms with Crippen LogP contribution in [0, 0.1) is 0 Å². The lowest BCUT2D eigenvalue weighted by atomic mass is 9.83. The maximum atomic E-state index is 4.87. The second kappa shape index (κ2) is 6.25. The molecule has 4 aliphatic rings. The van der Waals surface area contributed by atoms with E-state index in [9.17, 15) is 0 Å². The molecule has 0 spiro atoms. The molecule has 5 aromatic rings. The Bertz CT molecular complexity index is 1750. The third-order valence-electron chi connectivity index (χ3n) is 8.40. The van der Waals surface area contributed by atoms with Gasteiger partial charge >= 0.3 is 0 Å². The first-order valence-electron chi connectivity index (χ1n) is 12.4. The molecule has 3 nitrogen and oxygen atoms in total. The fourth-order valence-electron chi connectivity index (χ4n) is 7.07. The quantitative estimate of drug-likeness (QED) is 0.253. The number of anilines is 3. The zero-order chi connectivity index (χ0) is 22.7. The standard InChI is InChI=1S/C32H21N3/c1-2-7-23-18(5-1)16-25-24(23)10-9-19-13-21-15-22-14-20-6-3-12-34-32(20)35-28-8-4-11-33-27(28)17-26(31(22)35)30(21)29(19)25/h1-12,15H,13-14,16-17H2.